The van der Waals surface area contributed by atoms with Crippen molar-refractivity contribution in [2.24, 2.45) is 0 Å². The molecule has 6 heterocycles. The van der Waals surface area contributed by atoms with Gasteiger partial charge in [-0.1, -0.05) is 47.8 Å². The van der Waals surface area contributed by atoms with Crippen LogP contribution in [0.15, 0.2) is 119 Å². The van der Waals surface area contributed by atoms with Crippen molar-refractivity contribution < 1.29 is 28.0 Å². The zero-order valence-corrected chi connectivity index (χ0v) is 36.3. The number of nitrogens with two attached hydrogens (primary N) is 2. The van der Waals surface area contributed by atoms with Gasteiger partial charge in [0.1, 0.15) is 22.8 Å². The molecule has 320 valence electrons. The maximum Gasteiger partial charge on any atom is 0.281 e. The molecule has 0 fully saturated rings. The predicted octanol–water partition coefficient (Wildman–Crippen LogP) is 3.12. The second kappa shape index (κ2) is 29.9. The second-order valence-corrected chi connectivity index (χ2v) is 12.4. The third-order valence-electron chi connectivity index (χ3n) is 7.18. The molecule has 65 heavy (non-hydrogen) atoms. The summed E-state index contributed by atoms with van der Waals surface area (Å²) in [5, 5.41) is 84.1. The Bertz CT molecular complexity index is 2490. The van der Waals surface area contributed by atoms with E-state index in [0.717, 1.165) is 23.5 Å². The second-order valence-electron chi connectivity index (χ2n) is 10.8. The molecule has 0 aliphatic heterocycles. The van der Waals surface area contributed by atoms with E-state index in [4.69, 9.17) is 53.8 Å². The van der Waals surface area contributed by atoms with E-state index in [-0.39, 0.29) is 60.8 Å². The van der Waals surface area contributed by atoms with Gasteiger partial charge in [-0.3, -0.25) is 19.9 Å². The molecule has 0 radical (unpaired) electrons. The molecule has 6 aromatic heterocycles. The van der Waals surface area contributed by atoms with Crippen LogP contribution in [-0.4, -0.2) is 73.1 Å². The third kappa shape index (κ3) is 15.0. The fourth-order valence-electron chi connectivity index (χ4n) is 4.43. The van der Waals surface area contributed by atoms with Gasteiger partial charge in [-0.05, 0) is 61.0 Å². The number of thioether (sulfide) groups is 2. The Morgan fingerprint density at radius 2 is 0.692 bits per heavy atom. The van der Waals surface area contributed by atoms with Gasteiger partial charge < -0.3 is 22.6 Å². The van der Waals surface area contributed by atoms with E-state index in [9.17, 15) is 0 Å². The van der Waals surface area contributed by atoms with Crippen molar-refractivity contribution in [1.29, 1.82) is 42.1 Å². The van der Waals surface area contributed by atoms with Crippen molar-refractivity contribution in [1.82, 2.24) is 49.7 Å². The molecule has 0 amide bonds. The van der Waals surface area contributed by atoms with Crippen LogP contribution in [0.25, 0.3) is 46.1 Å². The first-order chi connectivity index (χ1) is 30.2. The Balaban J connectivity index is 0.000000840. The molecule has 0 unspecified atom stereocenters. The minimum absolute atomic E-state index is 0. The fraction of sp³-hybridized carbons (Fsp3) is 0.0500. The van der Waals surface area contributed by atoms with Gasteiger partial charge in [-0.2, -0.15) is 42.1 Å². The summed E-state index contributed by atoms with van der Waals surface area (Å²) in [7, 11) is 0. The number of allylic oxidation sites excluding steroid dienone is 4. The summed E-state index contributed by atoms with van der Waals surface area (Å²) in [5.41, 5.74) is 2.30. The molecule has 6 rings (SSSR count). The smallest absolute Gasteiger partial charge is 0.281 e. The molecule has 0 saturated carbocycles. The van der Waals surface area contributed by atoms with E-state index in [1.165, 1.54) is 9.35 Å². The summed E-state index contributed by atoms with van der Waals surface area (Å²) in [5.74, 6) is 13.6. The Morgan fingerprint density at radius 3 is 0.846 bits per heavy atom. The van der Waals surface area contributed by atoms with Gasteiger partial charge in [-0.15, -0.1) is 20.4 Å². The molecule has 8 N–H and O–H groups in total. The van der Waals surface area contributed by atoms with Crippen LogP contribution < -0.4 is 11.7 Å². The van der Waals surface area contributed by atoms with Gasteiger partial charge in [0.2, 0.25) is 81.7 Å². The molecule has 6 aromatic rings. The van der Waals surface area contributed by atoms with Crippen LogP contribution in [0.5, 0.6) is 0 Å². The molecule has 0 saturated heterocycles. The summed E-state index contributed by atoms with van der Waals surface area (Å²) in [6, 6.07) is 35.2. The summed E-state index contributed by atoms with van der Waals surface area (Å²) < 4.78 is 2.79. The minimum atomic E-state index is -0.203. The largest absolute Gasteiger partial charge is 0.412 e. The van der Waals surface area contributed by atoms with E-state index < -0.39 is 0 Å². The van der Waals surface area contributed by atoms with Gasteiger partial charge in [0.25, 0.3) is 23.0 Å². The van der Waals surface area contributed by atoms with E-state index in [1.807, 2.05) is 72.8 Å². The molecule has 0 aliphatic carbocycles. The normalized spacial score (nSPS) is 8.52. The number of pyridine rings is 4. The SMILES string of the molecule is CSC(=C(C#N)C#N)[C+](C#N)C#N.CSC(=C(C#N)C#N)[C+](C#N)C#N.Nn1c(-c2ccccn2)nnc1-c1ccccn1.Nn1c(-c2ccccn2)nnc1-c1ccccn1.O.O.[Fe]. The minimum Gasteiger partial charge on any atom is -0.412 e. The first-order valence-electron chi connectivity index (χ1n) is 16.8. The molecular formula is C40H30FeN20O2S2+2. The van der Waals surface area contributed by atoms with Gasteiger partial charge in [0, 0.05) is 41.9 Å². The monoisotopic (exact) mass is 942 g/mol. The molecule has 0 aromatic carbocycles. The predicted molar refractivity (Wildman–Crippen MR) is 233 cm³/mol. The van der Waals surface area contributed by atoms with Crippen molar-refractivity contribution >= 4 is 23.5 Å². The quantitative estimate of drug-likeness (QED) is 0.0957. The molecular weight excluding hydrogens is 913 g/mol. The van der Waals surface area contributed by atoms with Crippen LogP contribution in [0.4, 0.5) is 0 Å². The number of aromatic nitrogens is 10. The number of nitriles is 8. The number of nitrogens with zero attached hydrogens (tertiary/aromatic N) is 18. The number of rotatable bonds is 8. The standard InChI is InChI=1S/2C12H10N6.2C8H3N4S.Fe.2H2O/c2*13-18-11(9-5-1-3-7-14-9)16-17-12(18)10-6-2-4-8-15-10;2*1-13-8(6(2-9)3-10)7(4-11)5-12;;;/h2*1-8H,13H2;2*1H3;;2*1H2/q;;2*+1;;;. The number of hydrogen-bond donors (Lipinski definition) is 2. The maximum atomic E-state index is 8.49. The van der Waals surface area contributed by atoms with Gasteiger partial charge >= 0.3 is 0 Å². The summed E-state index contributed by atoms with van der Waals surface area (Å²) in [6.07, 6.45) is 9.93. The summed E-state index contributed by atoms with van der Waals surface area (Å²) in [4.78, 5) is 17.0. The fourth-order valence-corrected chi connectivity index (χ4v) is 5.61. The average Bonchev–Trinajstić information content (AvgIpc) is 3.92. The Morgan fingerprint density at radius 1 is 0.462 bits per heavy atom. The van der Waals surface area contributed by atoms with Gasteiger partial charge in [-0.25, -0.2) is 9.35 Å². The topological polar surface area (TPSA) is 418 Å². The van der Waals surface area contributed by atoms with E-state index in [1.54, 1.807) is 85.9 Å². The number of hydrogen-bond acceptors (Lipinski definition) is 20. The molecule has 22 nitrogen and oxygen atoms in total. The first kappa shape index (κ1) is 55.8. The molecule has 25 heteroatoms. The van der Waals surface area contributed by atoms with E-state index in [2.05, 4.69) is 40.3 Å². The Labute approximate surface area is 390 Å². The van der Waals surface area contributed by atoms with E-state index in [0.29, 0.717) is 46.1 Å². The van der Waals surface area contributed by atoms with Crippen LogP contribution in [-0.2, 0) is 17.1 Å². The zero-order valence-electron chi connectivity index (χ0n) is 33.6. The van der Waals surface area contributed by atoms with Crippen LogP contribution in [0.1, 0.15) is 0 Å². The van der Waals surface area contributed by atoms with Crippen LogP contribution in [0.3, 0.4) is 0 Å². The van der Waals surface area contributed by atoms with Crippen LogP contribution in [0.2, 0.25) is 0 Å². The maximum absolute atomic E-state index is 8.49. The van der Waals surface area contributed by atoms with E-state index >= 15 is 0 Å². The van der Waals surface area contributed by atoms with Crippen molar-refractivity contribution in [3.63, 3.8) is 0 Å². The van der Waals surface area contributed by atoms with Crippen molar-refractivity contribution in [3.05, 3.63) is 130 Å². The molecule has 0 aliphatic rings. The zero-order chi connectivity index (χ0) is 45.3. The Kier molecular flexibility index (Phi) is 25.6. The molecule has 0 atom stereocenters. The van der Waals surface area contributed by atoms with Gasteiger partial charge in [0.15, 0.2) is 0 Å². The average molecular weight is 943 g/mol. The van der Waals surface area contributed by atoms with Crippen molar-refractivity contribution in [2.75, 3.05) is 24.2 Å². The van der Waals surface area contributed by atoms with Crippen molar-refractivity contribution in [2.45, 2.75) is 0 Å². The third-order valence-corrected chi connectivity index (χ3v) is 8.81. The van der Waals surface area contributed by atoms with Crippen LogP contribution >= 0.6 is 23.5 Å². The number of nitrogen functional groups attached to an aromatic ring is 2. The van der Waals surface area contributed by atoms with Crippen molar-refractivity contribution in [3.8, 4) is 94.6 Å². The first-order valence-corrected chi connectivity index (χ1v) is 19.3. The summed E-state index contributed by atoms with van der Waals surface area (Å²) >= 11 is 2.07. The van der Waals surface area contributed by atoms with Crippen LogP contribution in [0, 0.1) is 102 Å². The molecule has 0 spiro atoms. The molecule has 0 bridgehead atoms. The Hall–Kier alpha value is -9.24. The van der Waals surface area contributed by atoms with Gasteiger partial charge in [0.05, 0.1) is 0 Å². The summed E-state index contributed by atoms with van der Waals surface area (Å²) in [6.45, 7) is 0.